The summed E-state index contributed by atoms with van der Waals surface area (Å²) in [5.74, 6) is -0.161. The summed E-state index contributed by atoms with van der Waals surface area (Å²) < 4.78 is 3.87. The minimum absolute atomic E-state index is 0.0212. The number of aromatic nitrogens is 2. The Morgan fingerprint density at radius 3 is 2.56 bits per heavy atom. The molecular weight excluding hydrogens is 248 g/mol. The Kier molecular flexibility index (Phi) is 4.41. The van der Waals surface area contributed by atoms with Crippen molar-refractivity contribution >= 4 is 17.4 Å². The van der Waals surface area contributed by atoms with Crippen molar-refractivity contribution < 1.29 is 4.79 Å². The third kappa shape index (κ3) is 3.05. The number of hydrogen-bond donors (Lipinski definition) is 0. The molecule has 0 radical (unpaired) electrons. The number of nitrogens with zero attached hydrogens (tertiary/aromatic N) is 4. The molecule has 1 aromatic rings. The highest BCUT2D eigenvalue weighted by atomic mass is 32.1. The quantitative estimate of drug-likeness (QED) is 0.786. The van der Waals surface area contributed by atoms with E-state index in [2.05, 4.69) is 9.59 Å². The van der Waals surface area contributed by atoms with E-state index >= 15 is 0 Å². The van der Waals surface area contributed by atoms with Crippen molar-refractivity contribution in [1.29, 1.82) is 5.26 Å². The van der Waals surface area contributed by atoms with E-state index in [4.69, 9.17) is 5.26 Å². The van der Waals surface area contributed by atoms with Crippen LogP contribution in [0, 0.1) is 11.3 Å². The van der Waals surface area contributed by atoms with Crippen LogP contribution >= 0.6 is 11.5 Å². The maximum Gasteiger partial charge on any atom is 0.268 e. The smallest absolute Gasteiger partial charge is 0.268 e. The maximum absolute atomic E-state index is 12.4. The van der Waals surface area contributed by atoms with Crippen molar-refractivity contribution in [3.63, 3.8) is 0 Å². The zero-order chi connectivity index (χ0) is 13.9. The average molecular weight is 266 g/mol. The highest BCUT2D eigenvalue weighted by molar-refractivity contribution is 7.08. The average Bonchev–Trinajstić information content (AvgIpc) is 2.72. The Morgan fingerprint density at radius 1 is 1.50 bits per heavy atom. The van der Waals surface area contributed by atoms with Gasteiger partial charge in [0.1, 0.15) is 11.4 Å². The highest BCUT2D eigenvalue weighted by Gasteiger charge is 2.29. The van der Waals surface area contributed by atoms with Crippen LogP contribution < -0.4 is 0 Å². The molecule has 0 aliphatic rings. The van der Waals surface area contributed by atoms with E-state index in [1.54, 1.807) is 0 Å². The Bertz CT molecular complexity index is 467. The molecule has 1 rings (SSSR count). The second-order valence-electron chi connectivity index (χ2n) is 5.39. The summed E-state index contributed by atoms with van der Waals surface area (Å²) in [6.45, 7) is 9.83. The summed E-state index contributed by atoms with van der Waals surface area (Å²) in [4.78, 5) is 14.5. The Labute approximate surface area is 112 Å². The molecule has 0 aromatic carbocycles. The van der Waals surface area contributed by atoms with Crippen molar-refractivity contribution in [2.75, 3.05) is 6.54 Å². The topological polar surface area (TPSA) is 69.9 Å². The molecule has 1 aromatic heterocycles. The van der Waals surface area contributed by atoms with Crippen LogP contribution in [-0.2, 0) is 5.41 Å². The van der Waals surface area contributed by atoms with Gasteiger partial charge in [-0.25, -0.2) is 0 Å². The molecule has 1 heterocycles. The number of nitriles is 1. The molecule has 0 unspecified atom stereocenters. The Balaban J connectivity index is 3.11. The van der Waals surface area contributed by atoms with Gasteiger partial charge in [-0.15, -0.1) is 5.10 Å². The molecule has 0 atom stereocenters. The largest absolute Gasteiger partial charge is 0.322 e. The van der Waals surface area contributed by atoms with Crippen LogP contribution in [0.25, 0.3) is 0 Å². The molecule has 0 aliphatic carbocycles. The van der Waals surface area contributed by atoms with Crippen LogP contribution in [-0.4, -0.2) is 33.0 Å². The van der Waals surface area contributed by atoms with Gasteiger partial charge in [0.15, 0.2) is 0 Å². The molecule has 5 nitrogen and oxygen atoms in total. The predicted molar refractivity (Wildman–Crippen MR) is 70.4 cm³/mol. The van der Waals surface area contributed by atoms with E-state index < -0.39 is 0 Å². The standard InChI is InChI=1S/C12H18N4OS/c1-8(2)16(7-6-13)11(17)9-10(12(3,4)5)14-15-18-9/h8H,7H2,1-5H3. The molecule has 98 valence electrons. The molecule has 6 heteroatoms. The lowest BCUT2D eigenvalue weighted by molar-refractivity contribution is 0.0733. The number of amides is 1. The van der Waals surface area contributed by atoms with Crippen molar-refractivity contribution in [1.82, 2.24) is 14.5 Å². The van der Waals surface area contributed by atoms with Gasteiger partial charge in [-0.05, 0) is 25.4 Å². The fourth-order valence-corrected chi connectivity index (χ4v) is 2.35. The molecule has 18 heavy (non-hydrogen) atoms. The molecule has 0 saturated carbocycles. The molecule has 0 aliphatic heterocycles. The first-order valence-corrected chi connectivity index (χ1v) is 6.57. The molecule has 1 amide bonds. The fourth-order valence-electron chi connectivity index (χ4n) is 1.52. The number of rotatable bonds is 3. The lowest BCUT2D eigenvalue weighted by Gasteiger charge is -2.24. The van der Waals surface area contributed by atoms with Gasteiger partial charge in [0.2, 0.25) is 0 Å². The number of hydrogen-bond acceptors (Lipinski definition) is 5. The van der Waals surface area contributed by atoms with Crippen LogP contribution in [0.3, 0.4) is 0 Å². The van der Waals surface area contributed by atoms with Gasteiger partial charge in [-0.3, -0.25) is 4.79 Å². The highest BCUT2D eigenvalue weighted by Crippen LogP contribution is 2.27. The summed E-state index contributed by atoms with van der Waals surface area (Å²) in [5.41, 5.74) is 0.467. The first-order valence-electron chi connectivity index (χ1n) is 5.79. The van der Waals surface area contributed by atoms with E-state index in [0.717, 1.165) is 11.5 Å². The minimum Gasteiger partial charge on any atom is -0.322 e. The first-order chi connectivity index (χ1) is 8.29. The molecule has 0 fully saturated rings. The van der Waals surface area contributed by atoms with Crippen molar-refractivity contribution in [3.8, 4) is 6.07 Å². The maximum atomic E-state index is 12.4. The second-order valence-corrected chi connectivity index (χ2v) is 6.14. The monoisotopic (exact) mass is 266 g/mol. The van der Waals surface area contributed by atoms with Crippen LogP contribution in [0.2, 0.25) is 0 Å². The third-order valence-corrected chi connectivity index (χ3v) is 3.23. The van der Waals surface area contributed by atoms with Crippen LogP contribution in [0.4, 0.5) is 0 Å². The summed E-state index contributed by atoms with van der Waals surface area (Å²) >= 11 is 1.09. The minimum atomic E-state index is -0.229. The number of carbonyl (C=O) groups is 1. The summed E-state index contributed by atoms with van der Waals surface area (Å²) in [6.07, 6.45) is 0. The summed E-state index contributed by atoms with van der Waals surface area (Å²) in [5, 5.41) is 12.8. The Morgan fingerprint density at radius 2 is 2.11 bits per heavy atom. The van der Waals surface area contributed by atoms with Gasteiger partial charge in [0, 0.05) is 11.5 Å². The van der Waals surface area contributed by atoms with E-state index in [9.17, 15) is 4.79 Å². The SMILES string of the molecule is CC(C)N(CC#N)C(=O)c1snnc1C(C)(C)C. The van der Waals surface area contributed by atoms with Crippen molar-refractivity contribution in [2.45, 2.75) is 46.1 Å². The van der Waals surface area contributed by atoms with Crippen molar-refractivity contribution in [3.05, 3.63) is 10.6 Å². The second kappa shape index (κ2) is 5.44. The van der Waals surface area contributed by atoms with Gasteiger partial charge < -0.3 is 4.90 Å². The zero-order valence-electron chi connectivity index (χ0n) is 11.4. The molecular formula is C12H18N4OS. The normalized spacial score (nSPS) is 11.4. The van der Waals surface area contributed by atoms with E-state index in [-0.39, 0.29) is 23.9 Å². The predicted octanol–water partition coefficient (Wildman–Crippen LogP) is 2.21. The Hall–Kier alpha value is -1.48. The van der Waals surface area contributed by atoms with Crippen LogP contribution in [0.1, 0.15) is 50.0 Å². The first kappa shape index (κ1) is 14.6. The van der Waals surface area contributed by atoms with Crippen LogP contribution in [0.5, 0.6) is 0 Å². The van der Waals surface area contributed by atoms with Gasteiger partial charge in [-0.2, -0.15) is 5.26 Å². The van der Waals surface area contributed by atoms with Gasteiger partial charge in [0.25, 0.3) is 5.91 Å². The third-order valence-electron chi connectivity index (χ3n) is 2.52. The molecule has 0 spiro atoms. The lowest BCUT2D eigenvalue weighted by Crippen LogP contribution is -2.37. The van der Waals surface area contributed by atoms with Crippen LogP contribution in [0.15, 0.2) is 0 Å². The zero-order valence-corrected chi connectivity index (χ0v) is 12.2. The van der Waals surface area contributed by atoms with Gasteiger partial charge in [-0.1, -0.05) is 25.3 Å². The van der Waals surface area contributed by atoms with E-state index in [1.165, 1.54) is 4.90 Å². The number of carbonyl (C=O) groups excluding carboxylic acids is 1. The summed E-state index contributed by atoms with van der Waals surface area (Å²) in [6, 6.07) is 2.00. The fraction of sp³-hybridized carbons (Fsp3) is 0.667. The van der Waals surface area contributed by atoms with Gasteiger partial charge in [0.05, 0.1) is 11.8 Å². The summed E-state index contributed by atoms with van der Waals surface area (Å²) in [7, 11) is 0. The van der Waals surface area contributed by atoms with Crippen molar-refractivity contribution in [2.24, 2.45) is 0 Å². The van der Waals surface area contributed by atoms with Gasteiger partial charge >= 0.3 is 0 Å². The lowest BCUT2D eigenvalue weighted by atomic mass is 9.91. The van der Waals surface area contributed by atoms with E-state index in [0.29, 0.717) is 10.6 Å². The van der Waals surface area contributed by atoms with E-state index in [1.807, 2.05) is 40.7 Å². The molecule has 0 saturated heterocycles. The molecule has 0 N–H and O–H groups in total. The molecule has 0 bridgehead atoms.